The second-order valence-corrected chi connectivity index (χ2v) is 8.64. The van der Waals surface area contributed by atoms with Crippen molar-refractivity contribution in [3.63, 3.8) is 0 Å². The SMILES string of the molecule is COC(=O)CCCCCCC(NS(=O)(=O)c1cccc(C)c1)c1ccccc1. The molecule has 0 radical (unpaired) electrons. The molecule has 0 aliphatic heterocycles. The zero-order valence-corrected chi connectivity index (χ0v) is 17.4. The molecule has 1 atom stereocenters. The number of ether oxygens (including phenoxy) is 1. The number of unbranched alkanes of at least 4 members (excludes halogenated alkanes) is 3. The number of hydrogen-bond donors (Lipinski definition) is 1. The van der Waals surface area contributed by atoms with Gasteiger partial charge in [-0.25, -0.2) is 13.1 Å². The van der Waals surface area contributed by atoms with E-state index in [0.29, 0.717) is 12.8 Å². The molecule has 0 saturated heterocycles. The van der Waals surface area contributed by atoms with Gasteiger partial charge in [-0.1, -0.05) is 61.7 Å². The minimum absolute atomic E-state index is 0.187. The van der Waals surface area contributed by atoms with Crippen molar-refractivity contribution in [1.82, 2.24) is 4.72 Å². The van der Waals surface area contributed by atoms with E-state index in [1.165, 1.54) is 7.11 Å². The van der Waals surface area contributed by atoms with E-state index in [4.69, 9.17) is 0 Å². The van der Waals surface area contributed by atoms with Crippen molar-refractivity contribution in [3.8, 4) is 0 Å². The summed E-state index contributed by atoms with van der Waals surface area (Å²) in [5.41, 5.74) is 1.86. The molecule has 1 N–H and O–H groups in total. The monoisotopic (exact) mass is 403 g/mol. The molecule has 2 aromatic rings. The van der Waals surface area contributed by atoms with E-state index in [1.807, 2.05) is 43.3 Å². The predicted octanol–water partition coefficient (Wildman–Crippen LogP) is 4.53. The molecule has 0 spiro atoms. The number of hydrogen-bond acceptors (Lipinski definition) is 4. The van der Waals surface area contributed by atoms with Crippen LogP contribution in [0.2, 0.25) is 0 Å². The average Bonchev–Trinajstić information content (AvgIpc) is 2.70. The fraction of sp³-hybridized carbons (Fsp3) is 0.409. The molecule has 0 aliphatic carbocycles. The van der Waals surface area contributed by atoms with Gasteiger partial charge in [0, 0.05) is 12.5 Å². The Morgan fingerprint density at radius 2 is 1.71 bits per heavy atom. The van der Waals surface area contributed by atoms with Gasteiger partial charge >= 0.3 is 5.97 Å². The Balaban J connectivity index is 1.99. The minimum atomic E-state index is -3.60. The van der Waals surface area contributed by atoms with Crippen molar-refractivity contribution in [2.45, 2.75) is 56.4 Å². The molecular weight excluding hydrogens is 374 g/mol. The summed E-state index contributed by atoms with van der Waals surface area (Å²) in [5.74, 6) is -0.187. The molecule has 0 heterocycles. The highest BCUT2D eigenvalue weighted by molar-refractivity contribution is 7.89. The van der Waals surface area contributed by atoms with Crippen molar-refractivity contribution >= 4 is 16.0 Å². The molecule has 2 aromatic carbocycles. The summed E-state index contributed by atoms with van der Waals surface area (Å²) >= 11 is 0. The second kappa shape index (κ2) is 11.0. The highest BCUT2D eigenvalue weighted by atomic mass is 32.2. The second-order valence-electron chi connectivity index (χ2n) is 6.93. The van der Waals surface area contributed by atoms with E-state index >= 15 is 0 Å². The normalized spacial score (nSPS) is 12.5. The summed E-state index contributed by atoms with van der Waals surface area (Å²) in [6.07, 6.45) is 4.65. The summed E-state index contributed by atoms with van der Waals surface area (Å²) in [7, 11) is -2.21. The lowest BCUT2D eigenvalue weighted by Crippen LogP contribution is -2.28. The maximum atomic E-state index is 12.8. The maximum absolute atomic E-state index is 12.8. The minimum Gasteiger partial charge on any atom is -0.469 e. The molecule has 0 saturated carbocycles. The fourth-order valence-corrected chi connectivity index (χ4v) is 4.45. The Labute approximate surface area is 168 Å². The van der Waals surface area contributed by atoms with Gasteiger partial charge in [-0.3, -0.25) is 4.79 Å². The van der Waals surface area contributed by atoms with E-state index in [-0.39, 0.29) is 16.9 Å². The third-order valence-corrected chi connectivity index (χ3v) is 6.12. The first-order chi connectivity index (χ1) is 13.4. The van der Waals surface area contributed by atoms with Crippen LogP contribution in [-0.4, -0.2) is 21.5 Å². The highest BCUT2D eigenvalue weighted by Crippen LogP contribution is 2.23. The maximum Gasteiger partial charge on any atom is 0.305 e. The van der Waals surface area contributed by atoms with Gasteiger partial charge in [-0.15, -0.1) is 0 Å². The summed E-state index contributed by atoms with van der Waals surface area (Å²) in [4.78, 5) is 11.4. The molecule has 6 heteroatoms. The standard InChI is InChI=1S/C22H29NO4S/c1-18-11-10-14-20(17-18)28(25,26)23-21(19-12-6-5-7-13-19)15-8-3-4-9-16-22(24)27-2/h5-7,10-14,17,21,23H,3-4,8-9,15-16H2,1-2H3. The molecular formula is C22H29NO4S. The van der Waals surface area contributed by atoms with Gasteiger partial charge in [-0.2, -0.15) is 0 Å². The molecule has 152 valence electrons. The number of carbonyl (C=O) groups excluding carboxylic acids is 1. The van der Waals surface area contributed by atoms with Crippen molar-refractivity contribution in [2.75, 3.05) is 7.11 Å². The zero-order chi connectivity index (χ0) is 20.4. The van der Waals surface area contributed by atoms with Crippen LogP contribution in [0, 0.1) is 6.92 Å². The quantitative estimate of drug-likeness (QED) is 0.442. The Morgan fingerprint density at radius 3 is 2.39 bits per heavy atom. The molecule has 0 bridgehead atoms. The number of methoxy groups -OCH3 is 1. The third-order valence-electron chi connectivity index (χ3n) is 4.65. The number of aryl methyl sites for hydroxylation is 1. The van der Waals surface area contributed by atoms with Crippen LogP contribution in [0.15, 0.2) is 59.5 Å². The van der Waals surface area contributed by atoms with Gasteiger partial charge < -0.3 is 4.74 Å². The number of carbonyl (C=O) groups is 1. The molecule has 0 fully saturated rings. The molecule has 0 amide bonds. The first kappa shape index (κ1) is 22.1. The van der Waals surface area contributed by atoms with Crippen LogP contribution in [-0.2, 0) is 19.6 Å². The van der Waals surface area contributed by atoms with Crippen molar-refractivity contribution in [3.05, 3.63) is 65.7 Å². The smallest absolute Gasteiger partial charge is 0.305 e. The molecule has 5 nitrogen and oxygen atoms in total. The third kappa shape index (κ3) is 7.09. The van der Waals surface area contributed by atoms with Crippen LogP contribution in [0.3, 0.4) is 0 Å². The van der Waals surface area contributed by atoms with Crippen LogP contribution in [0.4, 0.5) is 0 Å². The van der Waals surface area contributed by atoms with E-state index in [2.05, 4.69) is 9.46 Å². The zero-order valence-electron chi connectivity index (χ0n) is 16.6. The molecule has 0 aliphatic rings. The molecule has 2 rings (SSSR count). The molecule has 1 unspecified atom stereocenters. The fourth-order valence-electron chi connectivity index (χ4n) is 3.09. The van der Waals surface area contributed by atoms with Crippen LogP contribution < -0.4 is 4.72 Å². The van der Waals surface area contributed by atoms with Gasteiger partial charge in [0.25, 0.3) is 0 Å². The Hall–Kier alpha value is -2.18. The lowest BCUT2D eigenvalue weighted by Gasteiger charge is -2.19. The molecule has 0 aromatic heterocycles. The van der Waals surface area contributed by atoms with E-state index in [9.17, 15) is 13.2 Å². The Morgan fingerprint density at radius 1 is 1.00 bits per heavy atom. The lowest BCUT2D eigenvalue weighted by molar-refractivity contribution is -0.140. The van der Waals surface area contributed by atoms with Gasteiger partial charge in [0.2, 0.25) is 10.0 Å². The number of benzene rings is 2. The number of sulfonamides is 1. The topological polar surface area (TPSA) is 72.5 Å². The van der Waals surface area contributed by atoms with Gasteiger partial charge in [0.1, 0.15) is 0 Å². The van der Waals surface area contributed by atoms with Crippen LogP contribution >= 0.6 is 0 Å². The van der Waals surface area contributed by atoms with Crippen molar-refractivity contribution < 1.29 is 17.9 Å². The molecule has 28 heavy (non-hydrogen) atoms. The summed E-state index contributed by atoms with van der Waals surface area (Å²) in [6.45, 7) is 1.88. The van der Waals surface area contributed by atoms with E-state index < -0.39 is 10.0 Å². The highest BCUT2D eigenvalue weighted by Gasteiger charge is 2.21. The van der Waals surface area contributed by atoms with Gasteiger partial charge in [-0.05, 0) is 43.0 Å². The Kier molecular flexibility index (Phi) is 8.67. The summed E-state index contributed by atoms with van der Waals surface area (Å²) in [6, 6.07) is 16.3. The number of esters is 1. The van der Waals surface area contributed by atoms with Gasteiger partial charge in [0.15, 0.2) is 0 Å². The summed E-state index contributed by atoms with van der Waals surface area (Å²) < 4.78 is 33.2. The van der Waals surface area contributed by atoms with E-state index in [1.54, 1.807) is 18.2 Å². The van der Waals surface area contributed by atoms with Crippen LogP contribution in [0.1, 0.15) is 55.7 Å². The number of rotatable bonds is 11. The first-order valence-electron chi connectivity index (χ1n) is 9.63. The van der Waals surface area contributed by atoms with E-state index in [0.717, 1.165) is 36.8 Å². The summed E-state index contributed by atoms with van der Waals surface area (Å²) in [5, 5.41) is 0. The van der Waals surface area contributed by atoms with Crippen LogP contribution in [0.5, 0.6) is 0 Å². The first-order valence-corrected chi connectivity index (χ1v) is 11.1. The van der Waals surface area contributed by atoms with Gasteiger partial charge in [0.05, 0.1) is 12.0 Å². The Bertz CT molecular complexity index is 850. The van der Waals surface area contributed by atoms with Crippen molar-refractivity contribution in [2.24, 2.45) is 0 Å². The average molecular weight is 404 g/mol. The van der Waals surface area contributed by atoms with Crippen molar-refractivity contribution in [1.29, 1.82) is 0 Å². The lowest BCUT2D eigenvalue weighted by atomic mass is 10.0. The predicted molar refractivity (Wildman–Crippen MR) is 110 cm³/mol. The largest absolute Gasteiger partial charge is 0.469 e. The number of nitrogens with one attached hydrogen (secondary N) is 1. The van der Waals surface area contributed by atoms with Crippen LogP contribution in [0.25, 0.3) is 0 Å².